The van der Waals surface area contributed by atoms with Crippen LogP contribution in [-0.4, -0.2) is 25.8 Å². The van der Waals surface area contributed by atoms with E-state index in [2.05, 4.69) is 6.92 Å². The van der Waals surface area contributed by atoms with Crippen LogP contribution in [-0.2, 0) is 15.9 Å². The fraction of sp³-hybridized carbons (Fsp3) is 0.538. The van der Waals surface area contributed by atoms with Gasteiger partial charge in [-0.3, -0.25) is 0 Å². The molecular formula is C13H16Cl2FNO2S. The molecule has 0 N–H and O–H groups in total. The Morgan fingerprint density at radius 1 is 1.35 bits per heavy atom. The molecule has 7 heteroatoms. The van der Waals surface area contributed by atoms with Crippen LogP contribution in [0, 0.1) is 11.7 Å². The quantitative estimate of drug-likeness (QED) is 0.788. The summed E-state index contributed by atoms with van der Waals surface area (Å²) in [6.45, 7) is 3.02. The molecular weight excluding hydrogens is 324 g/mol. The highest BCUT2D eigenvalue weighted by atomic mass is 35.5. The summed E-state index contributed by atoms with van der Waals surface area (Å²) in [7, 11) is -3.68. The van der Waals surface area contributed by atoms with Crippen molar-refractivity contribution in [3.8, 4) is 0 Å². The Labute approximate surface area is 128 Å². The predicted octanol–water partition coefficient (Wildman–Crippen LogP) is 3.64. The van der Waals surface area contributed by atoms with Crippen LogP contribution in [0.15, 0.2) is 17.0 Å². The lowest BCUT2D eigenvalue weighted by molar-refractivity contribution is 0.288. The molecule has 1 heterocycles. The van der Waals surface area contributed by atoms with E-state index in [1.165, 1.54) is 10.4 Å². The van der Waals surface area contributed by atoms with Gasteiger partial charge in [-0.2, -0.15) is 4.31 Å². The first kappa shape index (κ1) is 16.0. The van der Waals surface area contributed by atoms with Gasteiger partial charge in [-0.05, 0) is 36.5 Å². The standard InChI is InChI=1S/C13H16Cl2FNO2S/c1-9-2-4-17(5-3-9)20(18,19)11-6-10(8-14)13(15)12(16)7-11/h6-7,9H,2-5,8H2,1H3. The van der Waals surface area contributed by atoms with Crippen LogP contribution in [0.3, 0.4) is 0 Å². The largest absolute Gasteiger partial charge is 0.243 e. The Morgan fingerprint density at radius 3 is 2.50 bits per heavy atom. The second-order valence-electron chi connectivity index (χ2n) is 5.10. The summed E-state index contributed by atoms with van der Waals surface area (Å²) in [5.41, 5.74) is 0.289. The molecule has 0 unspecified atom stereocenters. The van der Waals surface area contributed by atoms with Crippen molar-refractivity contribution in [2.75, 3.05) is 13.1 Å². The molecule has 1 fully saturated rings. The topological polar surface area (TPSA) is 37.4 Å². The van der Waals surface area contributed by atoms with E-state index in [0.717, 1.165) is 18.9 Å². The van der Waals surface area contributed by atoms with Crippen molar-refractivity contribution < 1.29 is 12.8 Å². The minimum atomic E-state index is -3.68. The first-order valence-corrected chi connectivity index (χ1v) is 8.75. The van der Waals surface area contributed by atoms with Crippen molar-refractivity contribution in [2.24, 2.45) is 5.92 Å². The molecule has 112 valence electrons. The number of hydrogen-bond donors (Lipinski definition) is 0. The van der Waals surface area contributed by atoms with Gasteiger partial charge in [-0.25, -0.2) is 12.8 Å². The van der Waals surface area contributed by atoms with Gasteiger partial charge < -0.3 is 0 Å². The number of halogens is 3. The van der Waals surface area contributed by atoms with Gasteiger partial charge in [-0.15, -0.1) is 11.6 Å². The number of rotatable bonds is 3. The van der Waals surface area contributed by atoms with Gasteiger partial charge in [0.2, 0.25) is 10.0 Å². The van der Waals surface area contributed by atoms with Gasteiger partial charge in [0.15, 0.2) is 0 Å². The molecule has 0 radical (unpaired) electrons. The molecule has 0 aromatic heterocycles. The highest BCUT2D eigenvalue weighted by Crippen LogP contribution is 2.29. The second-order valence-corrected chi connectivity index (χ2v) is 7.68. The minimum absolute atomic E-state index is 0.0316. The lowest BCUT2D eigenvalue weighted by atomic mass is 10.0. The van der Waals surface area contributed by atoms with Gasteiger partial charge in [-0.1, -0.05) is 18.5 Å². The molecule has 20 heavy (non-hydrogen) atoms. The third-order valence-electron chi connectivity index (χ3n) is 3.60. The molecule has 2 rings (SSSR count). The maximum Gasteiger partial charge on any atom is 0.243 e. The summed E-state index contributed by atoms with van der Waals surface area (Å²) in [5, 5.41) is -0.119. The summed E-state index contributed by atoms with van der Waals surface area (Å²) in [4.78, 5) is -0.0791. The van der Waals surface area contributed by atoms with Crippen LogP contribution in [0.1, 0.15) is 25.3 Å². The highest BCUT2D eigenvalue weighted by Gasteiger charge is 2.29. The van der Waals surface area contributed by atoms with Crippen molar-refractivity contribution in [1.82, 2.24) is 4.31 Å². The predicted molar refractivity (Wildman–Crippen MR) is 78.1 cm³/mol. The van der Waals surface area contributed by atoms with Crippen molar-refractivity contribution >= 4 is 33.2 Å². The molecule has 3 nitrogen and oxygen atoms in total. The maximum absolute atomic E-state index is 13.7. The summed E-state index contributed by atoms with van der Waals surface area (Å²) in [6, 6.07) is 2.32. The van der Waals surface area contributed by atoms with Crippen molar-refractivity contribution in [2.45, 2.75) is 30.5 Å². The number of benzene rings is 1. The molecule has 1 aliphatic rings. The van der Waals surface area contributed by atoms with E-state index in [9.17, 15) is 12.8 Å². The molecule has 1 saturated heterocycles. The van der Waals surface area contributed by atoms with Crippen LogP contribution < -0.4 is 0 Å². The molecule has 1 aliphatic heterocycles. The van der Waals surface area contributed by atoms with E-state index in [4.69, 9.17) is 23.2 Å². The SMILES string of the molecule is CC1CCN(S(=O)(=O)c2cc(F)c(Cl)c(CCl)c2)CC1. The van der Waals surface area contributed by atoms with E-state index >= 15 is 0 Å². The number of hydrogen-bond acceptors (Lipinski definition) is 2. The maximum atomic E-state index is 13.7. The Hall–Kier alpha value is -0.360. The van der Waals surface area contributed by atoms with Gasteiger partial charge >= 0.3 is 0 Å². The van der Waals surface area contributed by atoms with Crippen molar-refractivity contribution in [1.29, 1.82) is 0 Å². The fourth-order valence-corrected chi connectivity index (χ4v) is 4.23. The number of alkyl halides is 1. The molecule has 0 saturated carbocycles. The van der Waals surface area contributed by atoms with Gasteiger partial charge in [0, 0.05) is 19.0 Å². The fourth-order valence-electron chi connectivity index (χ4n) is 2.24. The molecule has 1 aromatic carbocycles. The molecule has 1 aromatic rings. The Balaban J connectivity index is 2.37. The van der Waals surface area contributed by atoms with E-state index in [1.807, 2.05) is 0 Å². The second kappa shape index (κ2) is 6.18. The zero-order valence-corrected chi connectivity index (χ0v) is 13.4. The van der Waals surface area contributed by atoms with Crippen molar-refractivity contribution in [3.05, 3.63) is 28.5 Å². The van der Waals surface area contributed by atoms with E-state index in [1.54, 1.807) is 0 Å². The first-order chi connectivity index (χ1) is 9.36. The third-order valence-corrected chi connectivity index (χ3v) is 6.19. The third kappa shape index (κ3) is 3.11. The molecule has 0 aliphatic carbocycles. The highest BCUT2D eigenvalue weighted by molar-refractivity contribution is 7.89. The first-order valence-electron chi connectivity index (χ1n) is 6.40. The summed E-state index contributed by atoms with van der Waals surface area (Å²) >= 11 is 11.4. The minimum Gasteiger partial charge on any atom is -0.207 e. The Morgan fingerprint density at radius 2 is 1.95 bits per heavy atom. The van der Waals surface area contributed by atoms with Crippen LogP contribution in [0.2, 0.25) is 5.02 Å². The summed E-state index contributed by atoms with van der Waals surface area (Å²) < 4.78 is 40.1. The lowest BCUT2D eigenvalue weighted by Crippen LogP contribution is -2.37. The Kier molecular flexibility index (Phi) is 4.95. The van der Waals surface area contributed by atoms with Gasteiger partial charge in [0.05, 0.1) is 9.92 Å². The van der Waals surface area contributed by atoms with E-state index < -0.39 is 15.8 Å². The number of nitrogens with zero attached hydrogens (tertiary/aromatic N) is 1. The zero-order chi connectivity index (χ0) is 14.9. The molecule has 0 bridgehead atoms. The van der Waals surface area contributed by atoms with Crippen LogP contribution in [0.25, 0.3) is 0 Å². The lowest BCUT2D eigenvalue weighted by Gasteiger charge is -2.29. The van der Waals surface area contributed by atoms with Crippen molar-refractivity contribution in [3.63, 3.8) is 0 Å². The van der Waals surface area contributed by atoms with Crippen LogP contribution in [0.5, 0.6) is 0 Å². The van der Waals surface area contributed by atoms with Crippen LogP contribution in [0.4, 0.5) is 4.39 Å². The number of piperidine rings is 1. The van der Waals surface area contributed by atoms with E-state index in [0.29, 0.717) is 19.0 Å². The normalized spacial score (nSPS) is 18.4. The average molecular weight is 340 g/mol. The monoisotopic (exact) mass is 339 g/mol. The smallest absolute Gasteiger partial charge is 0.207 e. The number of sulfonamides is 1. The zero-order valence-electron chi connectivity index (χ0n) is 11.1. The average Bonchev–Trinajstić information content (AvgIpc) is 2.42. The molecule has 0 spiro atoms. The van der Waals surface area contributed by atoms with Gasteiger partial charge in [0.25, 0.3) is 0 Å². The Bertz CT molecular complexity index is 599. The summed E-state index contributed by atoms with van der Waals surface area (Å²) in [5.74, 6) is -0.272. The van der Waals surface area contributed by atoms with Gasteiger partial charge in [0.1, 0.15) is 5.82 Å². The van der Waals surface area contributed by atoms with Crippen LogP contribution >= 0.6 is 23.2 Å². The van der Waals surface area contributed by atoms with E-state index in [-0.39, 0.29) is 21.4 Å². The summed E-state index contributed by atoms with van der Waals surface area (Å²) in [6.07, 6.45) is 1.63. The molecule has 0 atom stereocenters. The molecule has 0 amide bonds.